The van der Waals surface area contributed by atoms with Crippen LogP contribution in [0.25, 0.3) is 0 Å². The van der Waals surface area contributed by atoms with E-state index in [9.17, 15) is 18.0 Å². The van der Waals surface area contributed by atoms with Gasteiger partial charge in [-0.1, -0.05) is 0 Å². The number of hydrogen-bond acceptors (Lipinski definition) is 5. The summed E-state index contributed by atoms with van der Waals surface area (Å²) in [4.78, 5) is 12.6. The summed E-state index contributed by atoms with van der Waals surface area (Å²) < 4.78 is 53.8. The molecule has 0 spiro atoms. The summed E-state index contributed by atoms with van der Waals surface area (Å²) in [6.07, 6.45) is -4.47. The van der Waals surface area contributed by atoms with Crippen LogP contribution in [0.4, 0.5) is 13.2 Å². The van der Waals surface area contributed by atoms with Gasteiger partial charge in [0.15, 0.2) is 11.5 Å². The summed E-state index contributed by atoms with van der Waals surface area (Å²) in [5, 5.41) is -0.793. The highest BCUT2D eigenvalue weighted by molar-refractivity contribution is 8.00. The summed E-state index contributed by atoms with van der Waals surface area (Å²) in [5.41, 5.74) is 0.435. The molecule has 1 aromatic carbocycles. The summed E-state index contributed by atoms with van der Waals surface area (Å²) in [7, 11) is 4.27. The molecule has 0 N–H and O–H groups in total. The lowest BCUT2D eigenvalue weighted by Crippen LogP contribution is -2.37. The molecule has 1 amide bonds. The lowest BCUT2D eigenvalue weighted by Gasteiger charge is -2.27. The van der Waals surface area contributed by atoms with E-state index in [4.69, 9.17) is 14.2 Å². The zero-order valence-corrected chi connectivity index (χ0v) is 13.6. The fourth-order valence-electron chi connectivity index (χ4n) is 2.32. The molecule has 1 saturated heterocycles. The van der Waals surface area contributed by atoms with Crippen molar-refractivity contribution in [2.24, 2.45) is 0 Å². The van der Waals surface area contributed by atoms with E-state index in [0.717, 1.165) is 16.7 Å². The van der Waals surface area contributed by atoms with Gasteiger partial charge in [0.1, 0.15) is 17.7 Å². The average molecular weight is 351 g/mol. The Kier molecular flexibility index (Phi) is 5.18. The van der Waals surface area contributed by atoms with E-state index in [-0.39, 0.29) is 5.75 Å². The quantitative estimate of drug-likeness (QED) is 0.816. The minimum absolute atomic E-state index is 0.0156. The minimum atomic E-state index is -4.47. The molecule has 1 atom stereocenters. The highest BCUT2D eigenvalue weighted by Gasteiger charge is 2.42. The maximum absolute atomic E-state index is 12.7. The molecule has 128 valence electrons. The van der Waals surface area contributed by atoms with E-state index in [2.05, 4.69) is 0 Å². The SMILES string of the molecule is COc1cc(OC)c(C2SCC(=O)N2CC(F)(F)F)cc1OC. The molecule has 1 aliphatic rings. The second-order valence-electron chi connectivity index (χ2n) is 4.75. The monoisotopic (exact) mass is 351 g/mol. The molecule has 0 aliphatic carbocycles. The van der Waals surface area contributed by atoms with Crippen molar-refractivity contribution >= 4 is 17.7 Å². The largest absolute Gasteiger partial charge is 0.496 e. The number of thioether (sulfide) groups is 1. The molecule has 23 heavy (non-hydrogen) atoms. The first-order valence-electron chi connectivity index (χ1n) is 6.58. The fourth-order valence-corrected chi connectivity index (χ4v) is 3.52. The lowest BCUT2D eigenvalue weighted by molar-refractivity contribution is -0.159. The molecule has 1 aromatic rings. The van der Waals surface area contributed by atoms with Crippen molar-refractivity contribution < 1.29 is 32.2 Å². The molecule has 0 radical (unpaired) electrons. The van der Waals surface area contributed by atoms with Crippen molar-refractivity contribution in [1.82, 2.24) is 4.90 Å². The summed E-state index contributed by atoms with van der Waals surface area (Å²) in [6, 6.07) is 3.07. The van der Waals surface area contributed by atoms with Crippen LogP contribution in [0.5, 0.6) is 17.2 Å². The number of alkyl halides is 3. The molecule has 1 fully saturated rings. The minimum Gasteiger partial charge on any atom is -0.496 e. The van der Waals surface area contributed by atoms with Crippen molar-refractivity contribution in [3.8, 4) is 17.2 Å². The molecule has 5 nitrogen and oxygen atoms in total. The zero-order valence-electron chi connectivity index (χ0n) is 12.8. The first-order chi connectivity index (χ1) is 10.8. The van der Waals surface area contributed by atoms with Crippen LogP contribution in [0.15, 0.2) is 12.1 Å². The van der Waals surface area contributed by atoms with Crippen molar-refractivity contribution in [1.29, 1.82) is 0 Å². The standard InChI is InChI=1S/C14H16F3NO4S/c1-20-9-5-11(22-3)10(21-2)4-8(9)13-18(7-14(15,16)17)12(19)6-23-13/h4-5,13H,6-7H2,1-3H3. The molecule has 1 heterocycles. The maximum Gasteiger partial charge on any atom is 0.406 e. The third kappa shape index (κ3) is 3.77. The number of ether oxygens (including phenoxy) is 3. The van der Waals surface area contributed by atoms with E-state index in [1.165, 1.54) is 33.5 Å². The highest BCUT2D eigenvalue weighted by atomic mass is 32.2. The Morgan fingerprint density at radius 2 is 1.70 bits per heavy atom. The van der Waals surface area contributed by atoms with Gasteiger partial charge in [0, 0.05) is 11.6 Å². The number of nitrogens with zero attached hydrogens (tertiary/aromatic N) is 1. The predicted octanol–water partition coefficient (Wildman–Crippen LogP) is 2.85. The molecule has 0 aromatic heterocycles. The van der Waals surface area contributed by atoms with Crippen LogP contribution in [0, 0.1) is 0 Å². The van der Waals surface area contributed by atoms with Crippen LogP contribution in [0.3, 0.4) is 0 Å². The number of hydrogen-bond donors (Lipinski definition) is 0. The van der Waals surface area contributed by atoms with Gasteiger partial charge in [0.25, 0.3) is 0 Å². The lowest BCUT2D eigenvalue weighted by atomic mass is 10.1. The van der Waals surface area contributed by atoms with Crippen LogP contribution < -0.4 is 14.2 Å². The summed E-state index contributed by atoms with van der Waals surface area (Å²) >= 11 is 1.11. The van der Waals surface area contributed by atoms with Gasteiger partial charge in [-0.15, -0.1) is 11.8 Å². The molecule has 1 unspecified atom stereocenters. The Hall–Kier alpha value is -1.77. The van der Waals surface area contributed by atoms with Gasteiger partial charge in [-0.25, -0.2) is 0 Å². The van der Waals surface area contributed by atoms with Gasteiger partial charge in [-0.2, -0.15) is 13.2 Å². The third-order valence-corrected chi connectivity index (χ3v) is 4.56. The summed E-state index contributed by atoms with van der Waals surface area (Å²) in [6.45, 7) is -1.30. The predicted molar refractivity (Wildman–Crippen MR) is 79.1 cm³/mol. The third-order valence-electron chi connectivity index (χ3n) is 3.32. The molecule has 0 saturated carbocycles. The molecular weight excluding hydrogens is 335 g/mol. The topological polar surface area (TPSA) is 48.0 Å². The first-order valence-corrected chi connectivity index (χ1v) is 7.63. The Balaban J connectivity index is 2.44. The Morgan fingerprint density at radius 3 is 2.22 bits per heavy atom. The van der Waals surface area contributed by atoms with E-state index < -0.39 is 24.0 Å². The van der Waals surface area contributed by atoms with Crippen molar-refractivity contribution in [2.75, 3.05) is 33.6 Å². The van der Waals surface area contributed by atoms with Crippen molar-refractivity contribution in [3.63, 3.8) is 0 Å². The van der Waals surface area contributed by atoms with E-state index in [1.807, 2.05) is 0 Å². The molecular formula is C14H16F3NO4S. The molecule has 9 heteroatoms. The van der Waals surface area contributed by atoms with Gasteiger partial charge in [-0.05, 0) is 6.07 Å². The Labute approximate surface area is 135 Å². The van der Waals surface area contributed by atoms with E-state index in [0.29, 0.717) is 22.8 Å². The average Bonchev–Trinajstić information content (AvgIpc) is 2.85. The molecule has 2 rings (SSSR count). The zero-order chi connectivity index (χ0) is 17.2. The second kappa shape index (κ2) is 6.77. The number of halogens is 3. The van der Waals surface area contributed by atoms with Gasteiger partial charge in [-0.3, -0.25) is 4.79 Å². The van der Waals surface area contributed by atoms with Crippen molar-refractivity contribution in [3.05, 3.63) is 17.7 Å². The Bertz CT molecular complexity index is 594. The first kappa shape index (κ1) is 17.6. The van der Waals surface area contributed by atoms with Gasteiger partial charge in [0.2, 0.25) is 5.91 Å². The highest BCUT2D eigenvalue weighted by Crippen LogP contribution is 2.47. The number of methoxy groups -OCH3 is 3. The van der Waals surface area contributed by atoms with Gasteiger partial charge in [0.05, 0.1) is 27.1 Å². The van der Waals surface area contributed by atoms with E-state index >= 15 is 0 Å². The second-order valence-corrected chi connectivity index (χ2v) is 5.82. The number of carbonyl (C=O) groups is 1. The van der Waals surface area contributed by atoms with Gasteiger partial charge < -0.3 is 19.1 Å². The number of benzene rings is 1. The van der Waals surface area contributed by atoms with Crippen LogP contribution in [0.2, 0.25) is 0 Å². The summed E-state index contributed by atoms with van der Waals surface area (Å²) in [5.74, 6) is 0.509. The smallest absolute Gasteiger partial charge is 0.406 e. The Morgan fingerprint density at radius 1 is 1.13 bits per heavy atom. The maximum atomic E-state index is 12.7. The van der Waals surface area contributed by atoms with Crippen LogP contribution in [-0.2, 0) is 4.79 Å². The molecule has 1 aliphatic heterocycles. The van der Waals surface area contributed by atoms with Crippen LogP contribution in [-0.4, -0.2) is 50.6 Å². The number of amides is 1. The number of carbonyl (C=O) groups excluding carboxylic acids is 1. The fraction of sp³-hybridized carbons (Fsp3) is 0.500. The van der Waals surface area contributed by atoms with Crippen LogP contribution in [0.1, 0.15) is 10.9 Å². The normalized spacial score (nSPS) is 18.3. The van der Waals surface area contributed by atoms with E-state index in [1.54, 1.807) is 0 Å². The number of rotatable bonds is 5. The van der Waals surface area contributed by atoms with Crippen LogP contribution >= 0.6 is 11.8 Å². The molecule has 0 bridgehead atoms. The van der Waals surface area contributed by atoms with Gasteiger partial charge >= 0.3 is 6.18 Å². The van der Waals surface area contributed by atoms with Crippen molar-refractivity contribution in [2.45, 2.75) is 11.6 Å².